The largest absolute Gasteiger partial charge is 0.466 e. The average molecular weight is 302 g/mol. The zero-order valence-electron chi connectivity index (χ0n) is 10.8. The lowest BCUT2D eigenvalue weighted by Gasteiger charge is -2.32. The number of halogens is 1. The number of piperidine rings is 1. The molecule has 1 aliphatic rings. The van der Waals surface area contributed by atoms with Crippen LogP contribution in [0.15, 0.2) is 6.33 Å². The van der Waals surface area contributed by atoms with Crippen molar-refractivity contribution in [3.05, 3.63) is 11.5 Å². The van der Waals surface area contributed by atoms with E-state index in [2.05, 4.69) is 24.1 Å². The molecular formula is C12H17ClN3O2P. The second kappa shape index (κ2) is 6.49. The summed E-state index contributed by atoms with van der Waals surface area (Å²) >= 11 is 5.98. The van der Waals surface area contributed by atoms with Crippen LogP contribution in [-0.2, 0) is 9.53 Å². The highest BCUT2D eigenvalue weighted by Gasteiger charge is 2.27. The predicted molar refractivity (Wildman–Crippen MR) is 78.0 cm³/mol. The molecule has 0 N–H and O–H groups in total. The van der Waals surface area contributed by atoms with Gasteiger partial charge in [-0.15, -0.1) is 0 Å². The van der Waals surface area contributed by atoms with Gasteiger partial charge in [0.25, 0.3) is 0 Å². The van der Waals surface area contributed by atoms with E-state index in [0.717, 1.165) is 37.1 Å². The van der Waals surface area contributed by atoms with Crippen molar-refractivity contribution in [2.75, 3.05) is 24.6 Å². The van der Waals surface area contributed by atoms with Crippen LogP contribution in [0.25, 0.3) is 0 Å². The van der Waals surface area contributed by atoms with Gasteiger partial charge in [0, 0.05) is 18.4 Å². The molecule has 1 aliphatic heterocycles. The first kappa shape index (κ1) is 14.5. The fraction of sp³-hybridized carbons (Fsp3) is 0.583. The van der Waals surface area contributed by atoms with Gasteiger partial charge in [-0.2, -0.15) is 0 Å². The zero-order chi connectivity index (χ0) is 13.8. The number of rotatable bonds is 3. The molecule has 1 fully saturated rings. The number of carbonyl (C=O) groups is 1. The summed E-state index contributed by atoms with van der Waals surface area (Å²) in [5.74, 6) is 0.739. The Labute approximate surface area is 119 Å². The molecule has 104 valence electrons. The molecule has 1 saturated heterocycles. The van der Waals surface area contributed by atoms with Gasteiger partial charge >= 0.3 is 5.97 Å². The normalized spacial score (nSPS) is 16.5. The van der Waals surface area contributed by atoms with Crippen LogP contribution in [-0.4, -0.2) is 35.6 Å². The molecule has 1 atom stereocenters. The van der Waals surface area contributed by atoms with Gasteiger partial charge in [0.15, 0.2) is 0 Å². The van der Waals surface area contributed by atoms with Gasteiger partial charge in [0.1, 0.15) is 17.3 Å². The number of anilines is 1. The van der Waals surface area contributed by atoms with Crippen molar-refractivity contribution in [1.82, 2.24) is 9.97 Å². The lowest BCUT2D eigenvalue weighted by molar-refractivity contribution is -0.148. The van der Waals surface area contributed by atoms with Gasteiger partial charge in [-0.1, -0.05) is 20.8 Å². The Morgan fingerprint density at radius 2 is 2.21 bits per heavy atom. The Bertz CT molecular complexity index is 464. The molecule has 5 nitrogen and oxygen atoms in total. The van der Waals surface area contributed by atoms with E-state index in [1.54, 1.807) is 0 Å². The average Bonchev–Trinajstić information content (AvgIpc) is 2.42. The van der Waals surface area contributed by atoms with Crippen molar-refractivity contribution in [2.24, 2.45) is 5.92 Å². The molecule has 0 saturated carbocycles. The van der Waals surface area contributed by atoms with Crippen molar-refractivity contribution >= 4 is 37.9 Å². The number of carbonyl (C=O) groups excluding carboxylic acids is 1. The van der Waals surface area contributed by atoms with Gasteiger partial charge in [-0.3, -0.25) is 4.79 Å². The fourth-order valence-electron chi connectivity index (χ4n) is 2.20. The van der Waals surface area contributed by atoms with Crippen LogP contribution in [0.3, 0.4) is 0 Å². The minimum Gasteiger partial charge on any atom is -0.466 e. The molecule has 1 aromatic heterocycles. The van der Waals surface area contributed by atoms with Gasteiger partial charge in [0.2, 0.25) is 0 Å². The molecule has 0 spiro atoms. The topological polar surface area (TPSA) is 55.3 Å². The predicted octanol–water partition coefficient (Wildman–Crippen LogP) is 1.41. The van der Waals surface area contributed by atoms with Crippen LogP contribution in [0.5, 0.6) is 0 Å². The molecule has 1 unspecified atom stereocenters. The second-order valence-corrected chi connectivity index (χ2v) is 5.35. The molecule has 1 aromatic rings. The number of esters is 1. The highest BCUT2D eigenvalue weighted by molar-refractivity contribution is 7.28. The van der Waals surface area contributed by atoms with Crippen LogP contribution >= 0.6 is 20.8 Å². The summed E-state index contributed by atoms with van der Waals surface area (Å²) in [4.78, 5) is 22.0. The molecule has 2 heterocycles. The zero-order valence-corrected chi connectivity index (χ0v) is 12.7. The van der Waals surface area contributed by atoms with Gasteiger partial charge in [0.05, 0.1) is 12.5 Å². The van der Waals surface area contributed by atoms with Gasteiger partial charge < -0.3 is 9.64 Å². The Morgan fingerprint density at radius 3 is 2.84 bits per heavy atom. The van der Waals surface area contributed by atoms with Crippen LogP contribution < -0.4 is 10.2 Å². The molecular weight excluding hydrogens is 285 g/mol. The van der Waals surface area contributed by atoms with Crippen LogP contribution in [0.1, 0.15) is 19.8 Å². The Balaban J connectivity index is 2.00. The van der Waals surface area contributed by atoms with E-state index < -0.39 is 0 Å². The molecule has 0 radical (unpaired) electrons. The third-order valence-electron chi connectivity index (χ3n) is 3.23. The van der Waals surface area contributed by atoms with Crippen molar-refractivity contribution in [3.63, 3.8) is 0 Å². The quantitative estimate of drug-likeness (QED) is 0.480. The third-order valence-corrected chi connectivity index (χ3v) is 4.24. The van der Waals surface area contributed by atoms with E-state index >= 15 is 0 Å². The maximum Gasteiger partial charge on any atom is 0.309 e. The molecule has 0 aliphatic carbocycles. The van der Waals surface area contributed by atoms with E-state index in [4.69, 9.17) is 16.3 Å². The molecule has 19 heavy (non-hydrogen) atoms. The van der Waals surface area contributed by atoms with E-state index in [9.17, 15) is 4.79 Å². The monoisotopic (exact) mass is 301 g/mol. The molecule has 0 bridgehead atoms. The van der Waals surface area contributed by atoms with E-state index in [0.29, 0.717) is 11.8 Å². The summed E-state index contributed by atoms with van der Waals surface area (Å²) < 4.78 is 5.06. The molecule has 7 heteroatoms. The summed E-state index contributed by atoms with van der Waals surface area (Å²) in [6, 6.07) is 0. The first-order chi connectivity index (χ1) is 9.13. The Kier molecular flexibility index (Phi) is 4.94. The smallest absolute Gasteiger partial charge is 0.309 e. The van der Waals surface area contributed by atoms with E-state index in [1.165, 1.54) is 6.33 Å². The van der Waals surface area contributed by atoms with Gasteiger partial charge in [-0.05, 0) is 19.8 Å². The summed E-state index contributed by atoms with van der Waals surface area (Å²) in [5, 5.41) is 1.25. The first-order valence-electron chi connectivity index (χ1n) is 6.31. The summed E-state index contributed by atoms with van der Waals surface area (Å²) in [5.41, 5.74) is 0. The van der Waals surface area contributed by atoms with Crippen molar-refractivity contribution in [1.29, 1.82) is 0 Å². The second-order valence-electron chi connectivity index (χ2n) is 4.42. The lowest BCUT2D eigenvalue weighted by atomic mass is 9.97. The number of hydrogen-bond acceptors (Lipinski definition) is 5. The Hall–Kier alpha value is -0.930. The highest BCUT2D eigenvalue weighted by Crippen LogP contribution is 2.23. The van der Waals surface area contributed by atoms with Crippen molar-refractivity contribution < 1.29 is 9.53 Å². The Morgan fingerprint density at radius 1 is 1.53 bits per heavy atom. The number of aromatic nitrogens is 2. The standard InChI is InChI=1S/C12H17ClN3O2P/c1-2-18-12(17)8-3-5-16(6-4-8)11-9(19)10(13)14-7-15-11/h7-8H,2-6,19H2,1H3. The summed E-state index contributed by atoms with van der Waals surface area (Å²) in [7, 11) is 2.57. The van der Waals surface area contributed by atoms with Crippen molar-refractivity contribution in [2.45, 2.75) is 19.8 Å². The maximum atomic E-state index is 11.7. The third kappa shape index (κ3) is 3.34. The van der Waals surface area contributed by atoms with Gasteiger partial charge in [-0.25, -0.2) is 9.97 Å². The van der Waals surface area contributed by atoms with E-state index in [1.807, 2.05) is 6.92 Å². The molecule has 0 aromatic carbocycles. The fourth-order valence-corrected chi connectivity index (χ4v) is 2.66. The van der Waals surface area contributed by atoms with Crippen LogP contribution in [0.4, 0.5) is 5.82 Å². The van der Waals surface area contributed by atoms with E-state index in [-0.39, 0.29) is 11.9 Å². The number of nitrogens with zero attached hydrogens (tertiary/aromatic N) is 3. The minimum atomic E-state index is -0.0889. The first-order valence-corrected chi connectivity index (χ1v) is 7.26. The summed E-state index contributed by atoms with van der Waals surface area (Å²) in [6.45, 7) is 3.82. The van der Waals surface area contributed by atoms with Crippen molar-refractivity contribution in [3.8, 4) is 0 Å². The highest BCUT2D eigenvalue weighted by atomic mass is 35.5. The van der Waals surface area contributed by atoms with Crippen LogP contribution in [0, 0.1) is 5.92 Å². The molecule has 2 rings (SSSR count). The minimum absolute atomic E-state index is 0.00136. The lowest BCUT2D eigenvalue weighted by Crippen LogP contribution is -2.39. The number of hydrogen-bond donors (Lipinski definition) is 0. The summed E-state index contributed by atoms with van der Waals surface area (Å²) in [6.07, 6.45) is 3.03. The van der Waals surface area contributed by atoms with Crippen LogP contribution in [0.2, 0.25) is 5.15 Å². The molecule has 0 amide bonds. The number of ether oxygens (including phenoxy) is 1. The maximum absolute atomic E-state index is 11.7. The SMILES string of the molecule is CCOC(=O)C1CCN(c2ncnc(Cl)c2P)CC1.